The van der Waals surface area contributed by atoms with Crippen molar-refractivity contribution in [3.8, 4) is 55.9 Å². The molecule has 0 aliphatic carbocycles. The SMILES string of the molecule is c1ccc(-c2ccc(-c3ccc(-n4c5ccccc5c5cc(-c6ccc7c(c6)c6ccccc6n7-c6cccc(-c7ccccc7)c6)ccc54)c4sc5ccccc5c34)cc2)cc1. The first-order chi connectivity index (χ1) is 31.2. The summed E-state index contributed by atoms with van der Waals surface area (Å²) in [6.45, 7) is 0. The van der Waals surface area contributed by atoms with E-state index in [1.807, 2.05) is 11.3 Å². The summed E-state index contributed by atoms with van der Waals surface area (Å²) in [5, 5.41) is 7.60. The molecule has 0 fully saturated rings. The predicted octanol–water partition coefficient (Wildman–Crippen LogP) is 16.9. The minimum atomic E-state index is 1.16. The second-order valence-corrected chi connectivity index (χ2v) is 17.5. The van der Waals surface area contributed by atoms with Crippen molar-refractivity contribution in [1.29, 1.82) is 0 Å². The molecule has 0 saturated carbocycles. The highest BCUT2D eigenvalue weighted by Gasteiger charge is 2.21. The van der Waals surface area contributed by atoms with Crippen LogP contribution in [-0.4, -0.2) is 9.13 Å². The first-order valence-corrected chi connectivity index (χ1v) is 22.4. The summed E-state index contributed by atoms with van der Waals surface area (Å²) in [5.74, 6) is 0. The Kier molecular flexibility index (Phi) is 8.12. The van der Waals surface area contributed by atoms with Crippen LogP contribution in [-0.2, 0) is 0 Å². The van der Waals surface area contributed by atoms with E-state index in [9.17, 15) is 0 Å². The van der Waals surface area contributed by atoms with Crippen molar-refractivity contribution in [1.82, 2.24) is 9.13 Å². The van der Waals surface area contributed by atoms with E-state index in [4.69, 9.17) is 0 Å². The van der Waals surface area contributed by atoms with Crippen LogP contribution in [0.5, 0.6) is 0 Å². The van der Waals surface area contributed by atoms with Crippen molar-refractivity contribution in [3.05, 3.63) is 231 Å². The van der Waals surface area contributed by atoms with Crippen LogP contribution in [0.3, 0.4) is 0 Å². The van der Waals surface area contributed by atoms with Gasteiger partial charge < -0.3 is 9.13 Å². The van der Waals surface area contributed by atoms with Gasteiger partial charge in [0.05, 0.1) is 32.5 Å². The van der Waals surface area contributed by atoms with E-state index >= 15 is 0 Å². The summed E-state index contributed by atoms with van der Waals surface area (Å²) < 4.78 is 7.50. The zero-order chi connectivity index (χ0) is 41.4. The minimum absolute atomic E-state index is 1.16. The number of fused-ring (bicyclic) bond motifs is 9. The highest BCUT2D eigenvalue weighted by atomic mass is 32.1. The Balaban J connectivity index is 0.958. The number of hydrogen-bond acceptors (Lipinski definition) is 1. The Morgan fingerprint density at radius 1 is 0.286 bits per heavy atom. The zero-order valence-corrected chi connectivity index (χ0v) is 35.1. The molecule has 0 unspecified atom stereocenters. The molecule has 0 radical (unpaired) electrons. The van der Waals surface area contributed by atoms with Crippen LogP contribution >= 0.6 is 11.3 Å². The average molecular weight is 819 g/mol. The summed E-state index contributed by atoms with van der Waals surface area (Å²) in [7, 11) is 0. The number of benzene rings is 10. The van der Waals surface area contributed by atoms with Gasteiger partial charge in [-0.3, -0.25) is 0 Å². The van der Waals surface area contributed by atoms with E-state index in [0.29, 0.717) is 0 Å². The molecule has 0 atom stereocenters. The quantitative estimate of drug-likeness (QED) is 0.158. The highest BCUT2D eigenvalue weighted by molar-refractivity contribution is 7.26. The fraction of sp³-hybridized carbons (Fsp3) is 0. The van der Waals surface area contributed by atoms with Gasteiger partial charge in [-0.15, -0.1) is 11.3 Å². The van der Waals surface area contributed by atoms with Gasteiger partial charge >= 0.3 is 0 Å². The molecule has 10 aromatic carbocycles. The van der Waals surface area contributed by atoms with Crippen LogP contribution in [0.25, 0.3) is 120 Å². The number of rotatable bonds is 6. The molecular weight excluding hydrogens is 781 g/mol. The smallest absolute Gasteiger partial charge is 0.0641 e. The van der Waals surface area contributed by atoms with Crippen LogP contribution < -0.4 is 0 Å². The second kappa shape index (κ2) is 14.3. The predicted molar refractivity (Wildman–Crippen MR) is 270 cm³/mol. The van der Waals surface area contributed by atoms with Crippen LogP contribution in [0.15, 0.2) is 231 Å². The van der Waals surface area contributed by atoms with Gasteiger partial charge in [-0.2, -0.15) is 0 Å². The van der Waals surface area contributed by atoms with E-state index in [0.717, 1.165) is 5.69 Å². The number of aromatic nitrogens is 2. The van der Waals surface area contributed by atoms with Crippen molar-refractivity contribution in [2.45, 2.75) is 0 Å². The van der Waals surface area contributed by atoms with Gasteiger partial charge in [-0.05, 0) is 105 Å². The van der Waals surface area contributed by atoms with E-state index in [-0.39, 0.29) is 0 Å². The molecule has 63 heavy (non-hydrogen) atoms. The fourth-order valence-corrected chi connectivity index (χ4v) is 11.2. The van der Waals surface area contributed by atoms with Crippen molar-refractivity contribution in [2.24, 2.45) is 0 Å². The summed E-state index contributed by atoms with van der Waals surface area (Å²) in [5.41, 5.74) is 17.0. The lowest BCUT2D eigenvalue weighted by atomic mass is 9.96. The maximum absolute atomic E-state index is 2.49. The molecule has 0 aliphatic rings. The normalized spacial score (nSPS) is 11.8. The first-order valence-electron chi connectivity index (χ1n) is 21.6. The Labute approximate surface area is 368 Å². The molecule has 3 aromatic heterocycles. The van der Waals surface area contributed by atoms with Gasteiger partial charge in [-0.1, -0.05) is 170 Å². The van der Waals surface area contributed by atoms with Crippen molar-refractivity contribution >= 4 is 75.1 Å². The van der Waals surface area contributed by atoms with Crippen LogP contribution in [0, 0.1) is 0 Å². The number of hydrogen-bond donors (Lipinski definition) is 0. The summed E-state index contributed by atoms with van der Waals surface area (Å²) >= 11 is 1.89. The largest absolute Gasteiger partial charge is 0.309 e. The Hall–Kier alpha value is -7.98. The van der Waals surface area contributed by atoms with Gasteiger partial charge in [0, 0.05) is 42.7 Å². The first kappa shape index (κ1) is 35.7. The van der Waals surface area contributed by atoms with Crippen LogP contribution in [0.4, 0.5) is 0 Å². The number of nitrogens with zero attached hydrogens (tertiary/aromatic N) is 2. The molecular formula is C60H38N2S. The number of thiophene rings is 1. The molecule has 0 bridgehead atoms. The molecule has 0 aliphatic heterocycles. The van der Waals surface area contributed by atoms with Crippen molar-refractivity contribution < 1.29 is 0 Å². The van der Waals surface area contributed by atoms with Gasteiger partial charge in [0.15, 0.2) is 0 Å². The van der Waals surface area contributed by atoms with Gasteiger partial charge in [-0.25, -0.2) is 0 Å². The third-order valence-electron chi connectivity index (χ3n) is 12.9. The lowest BCUT2D eigenvalue weighted by Gasteiger charge is -2.13. The lowest BCUT2D eigenvalue weighted by Crippen LogP contribution is -1.95. The van der Waals surface area contributed by atoms with Gasteiger partial charge in [0.2, 0.25) is 0 Å². The summed E-state index contributed by atoms with van der Waals surface area (Å²) in [6.07, 6.45) is 0. The van der Waals surface area contributed by atoms with E-state index in [1.54, 1.807) is 0 Å². The molecule has 2 nitrogen and oxygen atoms in total. The van der Waals surface area contributed by atoms with Crippen LogP contribution in [0.1, 0.15) is 0 Å². The Morgan fingerprint density at radius 2 is 0.762 bits per heavy atom. The van der Waals surface area contributed by atoms with Crippen molar-refractivity contribution in [3.63, 3.8) is 0 Å². The van der Waals surface area contributed by atoms with E-state index in [2.05, 4.69) is 240 Å². The monoisotopic (exact) mass is 818 g/mol. The molecule has 13 aromatic rings. The maximum Gasteiger partial charge on any atom is 0.0641 e. The minimum Gasteiger partial charge on any atom is -0.309 e. The summed E-state index contributed by atoms with van der Waals surface area (Å²) in [6, 6.07) is 84.5. The molecule has 0 amide bonds. The molecule has 0 N–H and O–H groups in total. The van der Waals surface area contributed by atoms with E-state index in [1.165, 1.54) is 114 Å². The maximum atomic E-state index is 2.49. The Bertz CT molecular complexity index is 3890. The van der Waals surface area contributed by atoms with Gasteiger partial charge in [0.1, 0.15) is 0 Å². The zero-order valence-electron chi connectivity index (χ0n) is 34.2. The molecule has 3 heterocycles. The average Bonchev–Trinajstić information content (AvgIpc) is 4.02. The van der Waals surface area contributed by atoms with Crippen LogP contribution in [0.2, 0.25) is 0 Å². The van der Waals surface area contributed by atoms with E-state index < -0.39 is 0 Å². The molecule has 294 valence electrons. The van der Waals surface area contributed by atoms with Gasteiger partial charge in [0.25, 0.3) is 0 Å². The third-order valence-corrected chi connectivity index (χ3v) is 14.1. The third kappa shape index (κ3) is 5.71. The van der Waals surface area contributed by atoms with Crippen molar-refractivity contribution in [2.75, 3.05) is 0 Å². The summed E-state index contributed by atoms with van der Waals surface area (Å²) in [4.78, 5) is 0. The lowest BCUT2D eigenvalue weighted by molar-refractivity contribution is 1.18. The number of para-hydroxylation sites is 2. The molecule has 13 rings (SSSR count). The second-order valence-electron chi connectivity index (χ2n) is 16.5. The molecule has 0 saturated heterocycles. The standard InChI is InChI=1S/C60H38N2S/c1-3-14-39(15-4-1)41-26-28-42(29-27-41)47-32-35-57(60-59(47)50-22-9-12-25-58(50)63-60)62-54-24-11-8-21-49(54)52-38-45(31-34-56(52)62)44-30-33-55-51(37-44)48-20-7-10-23-53(48)61(55)46-19-13-18-43(36-46)40-16-5-2-6-17-40/h1-38H. The fourth-order valence-electron chi connectivity index (χ4n) is 10.0. The Morgan fingerprint density at radius 3 is 1.44 bits per heavy atom. The molecule has 0 spiro atoms. The topological polar surface area (TPSA) is 9.86 Å². The highest BCUT2D eigenvalue weighted by Crippen LogP contribution is 2.46. The molecule has 3 heteroatoms.